The second kappa shape index (κ2) is 11.4. The molecule has 0 saturated heterocycles. The van der Waals surface area contributed by atoms with Crippen LogP contribution in [0.1, 0.15) is 38.2 Å². The van der Waals surface area contributed by atoms with E-state index in [4.69, 9.17) is 0 Å². The smallest absolute Gasteiger partial charge is 0 e. The van der Waals surface area contributed by atoms with Gasteiger partial charge in [0.05, 0.1) is 0 Å². The molecule has 2 aromatic rings. The first-order valence-electron chi connectivity index (χ1n) is 7.39. The summed E-state index contributed by atoms with van der Waals surface area (Å²) in [6.07, 6.45) is 8.55. The van der Waals surface area contributed by atoms with E-state index < -0.39 is 0 Å². The third kappa shape index (κ3) is 6.33. The van der Waals surface area contributed by atoms with Crippen LogP contribution >= 0.6 is 0 Å². The van der Waals surface area contributed by atoms with Crippen molar-refractivity contribution in [1.29, 1.82) is 0 Å². The number of hydrogen-bond acceptors (Lipinski definition) is 0. The topological polar surface area (TPSA) is 0 Å². The van der Waals surface area contributed by atoms with Crippen LogP contribution in [0.5, 0.6) is 0 Å². The van der Waals surface area contributed by atoms with Gasteiger partial charge in [-0.3, -0.25) is 0 Å². The summed E-state index contributed by atoms with van der Waals surface area (Å²) in [5.41, 5.74) is 1.67. The summed E-state index contributed by atoms with van der Waals surface area (Å²) in [6.45, 7) is 10.0. The minimum absolute atomic E-state index is 0. The Labute approximate surface area is 140 Å². The van der Waals surface area contributed by atoms with E-state index in [0.717, 1.165) is 12.8 Å². The molecule has 0 unspecified atom stereocenters. The van der Waals surface area contributed by atoms with Crippen molar-refractivity contribution in [3.63, 3.8) is 0 Å². The Morgan fingerprint density at radius 3 is 1.71 bits per heavy atom. The summed E-state index contributed by atoms with van der Waals surface area (Å²) >= 11 is 0. The van der Waals surface area contributed by atoms with Gasteiger partial charge in [0.2, 0.25) is 0 Å². The summed E-state index contributed by atoms with van der Waals surface area (Å²) in [4.78, 5) is 0. The summed E-state index contributed by atoms with van der Waals surface area (Å²) in [5, 5.41) is 0. The largest absolute Gasteiger partial charge is 0.748 e. The zero-order chi connectivity index (χ0) is 14.7. The molecule has 0 bridgehead atoms. The number of rotatable bonds is 7. The fraction of sp³-hybridized carbons (Fsp3) is 0.300. The van der Waals surface area contributed by atoms with E-state index in [-0.39, 0.29) is 22.5 Å². The summed E-state index contributed by atoms with van der Waals surface area (Å²) < 4.78 is 0. The average molecular weight is 322 g/mol. The molecule has 0 aromatic heterocycles. The second-order valence-electron chi connectivity index (χ2n) is 5.15. The molecule has 0 saturated carbocycles. The van der Waals surface area contributed by atoms with Gasteiger partial charge < -0.3 is 30.3 Å². The van der Waals surface area contributed by atoms with E-state index in [1.807, 2.05) is 42.5 Å². The predicted octanol–water partition coefficient (Wildman–Crippen LogP) is 6.00. The van der Waals surface area contributed by atoms with Gasteiger partial charge in [-0.2, -0.15) is 17.7 Å². The van der Waals surface area contributed by atoms with Crippen LogP contribution in [-0.2, 0) is 22.5 Å². The van der Waals surface area contributed by atoms with E-state index in [1.54, 1.807) is 0 Å². The van der Waals surface area contributed by atoms with E-state index >= 15 is 0 Å². The standard InChI is InChI=1S/C15H21.C5H5.Fe/c1-4-11-15(12-5-2,13-6-3)14-9-7-8-10-14;1-2-4-5-3-1;/h4-5,7-10H,1-2,6,11-13H2,3H3;1-5H;/q-1;-5;. The van der Waals surface area contributed by atoms with Gasteiger partial charge in [-0.25, -0.2) is 12.1 Å². The van der Waals surface area contributed by atoms with Gasteiger partial charge >= 0.3 is 0 Å². The van der Waals surface area contributed by atoms with Crippen LogP contribution in [-0.4, -0.2) is 0 Å². The normalized spacial score (nSPS) is 9.95. The summed E-state index contributed by atoms with van der Waals surface area (Å²) in [7, 11) is 0. The molecule has 120 valence electrons. The molecule has 1 heteroatoms. The molecule has 0 aliphatic heterocycles. The molecule has 2 aromatic carbocycles. The maximum absolute atomic E-state index is 3.89. The van der Waals surface area contributed by atoms with Gasteiger partial charge in [0.25, 0.3) is 0 Å². The van der Waals surface area contributed by atoms with Crippen LogP contribution in [0, 0.1) is 0 Å². The fourth-order valence-electron chi connectivity index (χ4n) is 2.75. The van der Waals surface area contributed by atoms with Crippen LogP contribution in [0.4, 0.5) is 0 Å². The molecular formula is C20H26Fe-6. The molecule has 0 atom stereocenters. The van der Waals surface area contributed by atoms with Crippen molar-refractivity contribution in [2.45, 2.75) is 38.0 Å². The molecular weight excluding hydrogens is 296 g/mol. The van der Waals surface area contributed by atoms with Crippen molar-refractivity contribution in [2.75, 3.05) is 0 Å². The zero-order valence-electron chi connectivity index (χ0n) is 12.9. The van der Waals surface area contributed by atoms with Crippen LogP contribution in [0.3, 0.4) is 0 Å². The van der Waals surface area contributed by atoms with Gasteiger partial charge in [-0.1, -0.05) is 31.9 Å². The first-order valence-corrected chi connectivity index (χ1v) is 7.39. The molecule has 0 amide bonds. The minimum Gasteiger partial charge on any atom is -0.748 e. The Bertz CT molecular complexity index is 421. The number of allylic oxidation sites excluding steroid dienone is 2. The van der Waals surface area contributed by atoms with E-state index in [9.17, 15) is 0 Å². The zero-order valence-corrected chi connectivity index (χ0v) is 14.1. The van der Waals surface area contributed by atoms with Crippen LogP contribution in [0.25, 0.3) is 0 Å². The van der Waals surface area contributed by atoms with Crippen molar-refractivity contribution in [2.24, 2.45) is 0 Å². The minimum atomic E-state index is 0. The van der Waals surface area contributed by atoms with Crippen LogP contribution in [0.2, 0.25) is 0 Å². The van der Waals surface area contributed by atoms with Gasteiger partial charge in [0.1, 0.15) is 0 Å². The SMILES string of the molecule is C=CCC(CC=C)(CCC)[c-]1cccc1.[Fe].[cH-]1[cH-][cH-][cH-][cH-]1. The van der Waals surface area contributed by atoms with Crippen LogP contribution < -0.4 is 0 Å². The molecule has 0 radical (unpaired) electrons. The van der Waals surface area contributed by atoms with Crippen molar-refractivity contribution >= 4 is 0 Å². The van der Waals surface area contributed by atoms with E-state index in [0.29, 0.717) is 0 Å². The molecule has 0 aliphatic carbocycles. The molecule has 0 N–H and O–H groups in total. The molecule has 0 fully saturated rings. The third-order valence-electron chi connectivity index (χ3n) is 3.63. The van der Waals surface area contributed by atoms with Crippen molar-refractivity contribution < 1.29 is 17.1 Å². The quantitative estimate of drug-likeness (QED) is 0.333. The maximum Gasteiger partial charge on any atom is 0 e. The molecule has 0 aliphatic rings. The second-order valence-corrected chi connectivity index (χ2v) is 5.15. The summed E-state index contributed by atoms with van der Waals surface area (Å²) in [6, 6.07) is 18.7. The molecule has 0 spiro atoms. The Hall–Kier alpha value is -1.30. The third-order valence-corrected chi connectivity index (χ3v) is 3.63. The maximum atomic E-state index is 3.89. The Morgan fingerprint density at radius 2 is 1.38 bits per heavy atom. The first kappa shape index (κ1) is 19.7. The molecule has 2 rings (SSSR count). The van der Waals surface area contributed by atoms with Gasteiger partial charge in [-0.05, 0) is 18.3 Å². The fourth-order valence-corrected chi connectivity index (χ4v) is 2.75. The average Bonchev–Trinajstić information content (AvgIpc) is 3.16. The van der Waals surface area contributed by atoms with Crippen LogP contribution in [0.15, 0.2) is 79.9 Å². The predicted molar refractivity (Wildman–Crippen MR) is 90.3 cm³/mol. The van der Waals surface area contributed by atoms with Gasteiger partial charge in [0.15, 0.2) is 0 Å². The van der Waals surface area contributed by atoms with Gasteiger partial charge in [0, 0.05) is 17.1 Å². The molecule has 0 heterocycles. The summed E-state index contributed by atoms with van der Waals surface area (Å²) in [5.74, 6) is 0. The van der Waals surface area contributed by atoms with Crippen molar-refractivity contribution in [1.82, 2.24) is 0 Å². The van der Waals surface area contributed by atoms with E-state index in [1.165, 1.54) is 18.4 Å². The first-order chi connectivity index (χ1) is 9.79. The Kier molecular flexibility index (Phi) is 10.7. The molecule has 21 heavy (non-hydrogen) atoms. The Morgan fingerprint density at radius 1 is 0.952 bits per heavy atom. The molecule has 0 nitrogen and oxygen atoms in total. The van der Waals surface area contributed by atoms with Crippen molar-refractivity contribution in [3.05, 3.63) is 85.5 Å². The monoisotopic (exact) mass is 322 g/mol. The Balaban J connectivity index is 0.000000562. The van der Waals surface area contributed by atoms with Crippen molar-refractivity contribution in [3.8, 4) is 0 Å². The van der Waals surface area contributed by atoms with E-state index in [2.05, 4.69) is 44.3 Å². The van der Waals surface area contributed by atoms with Gasteiger partial charge in [-0.15, -0.1) is 13.2 Å². The number of hydrogen-bond donors (Lipinski definition) is 0.